The molecule has 1 aromatic heterocycles. The Morgan fingerprint density at radius 2 is 1.85 bits per heavy atom. The first kappa shape index (κ1) is 23.3. The number of fused-ring (bicyclic) bond motifs is 1. The van der Waals surface area contributed by atoms with E-state index in [2.05, 4.69) is 0 Å². The first-order valence-electron chi connectivity index (χ1n) is 11.1. The minimum absolute atomic E-state index is 0.0230. The van der Waals surface area contributed by atoms with Crippen LogP contribution < -0.4 is 17.0 Å². The van der Waals surface area contributed by atoms with E-state index < -0.39 is 35.0 Å². The Kier molecular flexibility index (Phi) is 6.22. The van der Waals surface area contributed by atoms with E-state index in [0.29, 0.717) is 25.7 Å². The standard InChI is InChI=1S/C23H26F3N3O4/c1-2-33-21(31)17-12-28(14-8-6-13(27)7-9-14)22(32)29(20(17)30)19-11-10-15-16(19)4-3-5-18(15)23(24,25)26/h3-5,12-14,19H,2,6-11,27H2,1H3/t13?,14?,19-/m1/s1. The molecule has 178 valence electrons. The fourth-order valence-electron chi connectivity index (χ4n) is 5.02. The zero-order chi connectivity index (χ0) is 23.9. The van der Waals surface area contributed by atoms with Crippen LogP contribution in [0, 0.1) is 0 Å². The highest BCUT2D eigenvalue weighted by Gasteiger charge is 2.39. The first-order valence-corrected chi connectivity index (χ1v) is 11.1. The van der Waals surface area contributed by atoms with Gasteiger partial charge in [0.05, 0.1) is 18.2 Å². The second-order valence-corrected chi connectivity index (χ2v) is 8.62. The molecule has 0 aliphatic heterocycles. The lowest BCUT2D eigenvalue weighted by molar-refractivity contribution is -0.138. The molecule has 0 saturated heterocycles. The van der Waals surface area contributed by atoms with Crippen LogP contribution in [0.25, 0.3) is 0 Å². The van der Waals surface area contributed by atoms with Crippen molar-refractivity contribution >= 4 is 5.97 Å². The predicted octanol–water partition coefficient (Wildman–Crippen LogP) is 3.18. The van der Waals surface area contributed by atoms with Crippen molar-refractivity contribution in [3.8, 4) is 0 Å². The summed E-state index contributed by atoms with van der Waals surface area (Å²) in [4.78, 5) is 39.3. The van der Waals surface area contributed by atoms with Crippen LogP contribution in [0.3, 0.4) is 0 Å². The number of nitrogens with two attached hydrogens (primary N) is 1. The molecule has 2 aromatic rings. The summed E-state index contributed by atoms with van der Waals surface area (Å²) in [6, 6.07) is 2.65. The van der Waals surface area contributed by atoms with Crippen molar-refractivity contribution in [2.45, 2.75) is 69.8 Å². The summed E-state index contributed by atoms with van der Waals surface area (Å²) >= 11 is 0. The number of carbonyl (C=O) groups is 1. The van der Waals surface area contributed by atoms with Gasteiger partial charge in [0.1, 0.15) is 5.56 Å². The Labute approximate surface area is 188 Å². The van der Waals surface area contributed by atoms with Gasteiger partial charge in [-0.1, -0.05) is 12.1 Å². The molecular weight excluding hydrogens is 439 g/mol. The van der Waals surface area contributed by atoms with Gasteiger partial charge in [-0.05, 0) is 62.6 Å². The third kappa shape index (κ3) is 4.23. The molecule has 7 nitrogen and oxygen atoms in total. The van der Waals surface area contributed by atoms with Crippen LogP contribution in [0.5, 0.6) is 0 Å². The number of carbonyl (C=O) groups excluding carboxylic acids is 1. The van der Waals surface area contributed by atoms with Gasteiger partial charge in [0, 0.05) is 18.3 Å². The third-order valence-electron chi connectivity index (χ3n) is 6.63. The molecular formula is C23H26F3N3O4. The number of alkyl halides is 3. The van der Waals surface area contributed by atoms with Gasteiger partial charge < -0.3 is 10.5 Å². The molecule has 2 aliphatic carbocycles. The summed E-state index contributed by atoms with van der Waals surface area (Å²) in [6.45, 7) is 1.64. The zero-order valence-electron chi connectivity index (χ0n) is 18.2. The number of rotatable bonds is 4. The molecule has 1 saturated carbocycles. The van der Waals surface area contributed by atoms with E-state index >= 15 is 0 Å². The summed E-state index contributed by atoms with van der Waals surface area (Å²) < 4.78 is 47.9. The van der Waals surface area contributed by atoms with E-state index in [9.17, 15) is 27.6 Å². The summed E-state index contributed by atoms with van der Waals surface area (Å²) in [5.41, 5.74) is 3.79. The molecule has 0 unspecified atom stereocenters. The summed E-state index contributed by atoms with van der Waals surface area (Å²) in [7, 11) is 0. The number of esters is 1. The number of halogens is 3. The smallest absolute Gasteiger partial charge is 0.416 e. The zero-order valence-corrected chi connectivity index (χ0v) is 18.2. The average Bonchev–Trinajstić information content (AvgIpc) is 3.18. The topological polar surface area (TPSA) is 96.3 Å². The molecule has 1 fully saturated rings. The summed E-state index contributed by atoms with van der Waals surface area (Å²) in [6.07, 6.45) is -0.509. The molecule has 2 aliphatic rings. The van der Waals surface area contributed by atoms with Crippen molar-refractivity contribution in [1.29, 1.82) is 0 Å². The molecule has 0 bridgehead atoms. The fraction of sp³-hybridized carbons (Fsp3) is 0.522. The third-order valence-corrected chi connectivity index (χ3v) is 6.63. The minimum atomic E-state index is -4.54. The normalized spacial score (nSPS) is 22.8. The van der Waals surface area contributed by atoms with E-state index in [-0.39, 0.29) is 48.2 Å². The summed E-state index contributed by atoms with van der Waals surface area (Å²) in [5.74, 6) is -0.861. The second-order valence-electron chi connectivity index (χ2n) is 8.62. The fourth-order valence-corrected chi connectivity index (χ4v) is 5.02. The maximum absolute atomic E-state index is 13.5. The minimum Gasteiger partial charge on any atom is -0.462 e. The molecule has 0 radical (unpaired) electrons. The quantitative estimate of drug-likeness (QED) is 0.700. The van der Waals surface area contributed by atoms with Crippen LogP contribution in [0.2, 0.25) is 0 Å². The van der Waals surface area contributed by atoms with E-state index in [1.165, 1.54) is 22.9 Å². The maximum Gasteiger partial charge on any atom is 0.416 e. The highest BCUT2D eigenvalue weighted by Crippen LogP contribution is 2.41. The molecule has 0 spiro atoms. The molecule has 1 atom stereocenters. The molecule has 1 heterocycles. The molecule has 0 amide bonds. The van der Waals surface area contributed by atoms with Crippen molar-refractivity contribution in [2.75, 3.05) is 6.61 Å². The van der Waals surface area contributed by atoms with Gasteiger partial charge in [-0.25, -0.2) is 9.59 Å². The van der Waals surface area contributed by atoms with Crippen LogP contribution in [0.15, 0.2) is 34.0 Å². The van der Waals surface area contributed by atoms with Gasteiger partial charge in [-0.3, -0.25) is 13.9 Å². The van der Waals surface area contributed by atoms with Crippen molar-refractivity contribution in [2.24, 2.45) is 5.73 Å². The monoisotopic (exact) mass is 465 g/mol. The largest absolute Gasteiger partial charge is 0.462 e. The van der Waals surface area contributed by atoms with E-state index in [1.807, 2.05) is 0 Å². The maximum atomic E-state index is 13.5. The van der Waals surface area contributed by atoms with Crippen LogP contribution in [-0.2, 0) is 17.3 Å². The van der Waals surface area contributed by atoms with Crippen LogP contribution in [0.1, 0.15) is 78.2 Å². The molecule has 4 rings (SSSR count). The van der Waals surface area contributed by atoms with Crippen LogP contribution >= 0.6 is 0 Å². The molecule has 33 heavy (non-hydrogen) atoms. The van der Waals surface area contributed by atoms with E-state index in [0.717, 1.165) is 10.6 Å². The van der Waals surface area contributed by atoms with Crippen molar-refractivity contribution in [3.05, 3.63) is 67.5 Å². The van der Waals surface area contributed by atoms with Gasteiger partial charge in [-0.15, -0.1) is 0 Å². The number of aromatic nitrogens is 2. The van der Waals surface area contributed by atoms with E-state index in [1.54, 1.807) is 6.92 Å². The number of benzene rings is 1. The number of nitrogens with zero attached hydrogens (tertiary/aromatic N) is 2. The van der Waals surface area contributed by atoms with Crippen LogP contribution in [-0.4, -0.2) is 27.8 Å². The van der Waals surface area contributed by atoms with Crippen molar-refractivity contribution in [1.82, 2.24) is 9.13 Å². The number of hydrogen-bond donors (Lipinski definition) is 1. The SMILES string of the molecule is CCOC(=O)c1cn(C2CCC(N)CC2)c(=O)n([C@@H]2CCc3c2cccc3C(F)(F)F)c1=O. The molecule has 2 N–H and O–H groups in total. The Morgan fingerprint density at radius 1 is 1.15 bits per heavy atom. The molecule has 1 aromatic carbocycles. The Bertz CT molecular complexity index is 1180. The predicted molar refractivity (Wildman–Crippen MR) is 114 cm³/mol. The van der Waals surface area contributed by atoms with Gasteiger partial charge in [-0.2, -0.15) is 13.2 Å². The first-order chi connectivity index (χ1) is 15.6. The Morgan fingerprint density at radius 3 is 2.48 bits per heavy atom. The lowest BCUT2D eigenvalue weighted by atomic mass is 9.91. The van der Waals surface area contributed by atoms with Gasteiger partial charge in [0.15, 0.2) is 0 Å². The highest BCUT2D eigenvalue weighted by atomic mass is 19.4. The highest BCUT2D eigenvalue weighted by molar-refractivity contribution is 5.88. The van der Waals surface area contributed by atoms with Gasteiger partial charge in [0.25, 0.3) is 5.56 Å². The lowest BCUT2D eigenvalue weighted by Gasteiger charge is -2.29. The average molecular weight is 465 g/mol. The van der Waals surface area contributed by atoms with Crippen molar-refractivity contribution < 1.29 is 22.7 Å². The Balaban J connectivity index is 1.89. The molecule has 10 heteroatoms. The Hall–Kier alpha value is -2.88. The van der Waals surface area contributed by atoms with E-state index in [4.69, 9.17) is 10.5 Å². The van der Waals surface area contributed by atoms with Gasteiger partial charge in [0.2, 0.25) is 0 Å². The second kappa shape index (κ2) is 8.81. The number of hydrogen-bond acceptors (Lipinski definition) is 5. The lowest BCUT2D eigenvalue weighted by Crippen LogP contribution is -2.46. The van der Waals surface area contributed by atoms with Crippen molar-refractivity contribution in [3.63, 3.8) is 0 Å². The number of ether oxygens (including phenoxy) is 1. The van der Waals surface area contributed by atoms with Crippen LogP contribution in [0.4, 0.5) is 13.2 Å². The van der Waals surface area contributed by atoms with Gasteiger partial charge >= 0.3 is 17.8 Å². The summed E-state index contributed by atoms with van der Waals surface area (Å²) in [5, 5.41) is 0.